The minimum atomic E-state index is -4.01. The molecule has 1 fully saturated rings. The van der Waals surface area contributed by atoms with Crippen molar-refractivity contribution >= 4 is 38.9 Å². The number of anilines is 1. The van der Waals surface area contributed by atoms with Crippen molar-refractivity contribution in [2.45, 2.75) is 61.4 Å². The second-order valence-corrected chi connectivity index (χ2v) is 12.7. The Labute approximate surface area is 241 Å². The van der Waals surface area contributed by atoms with Gasteiger partial charge in [0.2, 0.25) is 9.84 Å². The minimum Gasteiger partial charge on any atom is -0.352 e. The Morgan fingerprint density at radius 3 is 2.58 bits per heavy atom. The molecule has 210 valence electrons. The molecule has 0 aliphatic carbocycles. The highest BCUT2D eigenvalue weighted by Gasteiger charge is 2.36. The maximum absolute atomic E-state index is 13.8. The second kappa shape index (κ2) is 12.1. The zero-order valence-electron chi connectivity index (χ0n) is 22.6. The molecule has 5 rings (SSSR count). The molecule has 0 aromatic heterocycles. The van der Waals surface area contributed by atoms with Crippen molar-refractivity contribution < 1.29 is 18.0 Å². The number of fused-ring (bicyclic) bond motifs is 2. The Morgan fingerprint density at radius 2 is 1.80 bits per heavy atom. The molecular formula is C31H34ClN3O4S. The first-order chi connectivity index (χ1) is 19.3. The van der Waals surface area contributed by atoms with Crippen LogP contribution < -0.4 is 10.2 Å². The molecule has 1 unspecified atom stereocenters. The summed E-state index contributed by atoms with van der Waals surface area (Å²) in [6.45, 7) is 4.89. The number of halogens is 1. The third kappa shape index (κ3) is 5.80. The lowest BCUT2D eigenvalue weighted by Gasteiger charge is -2.35. The highest BCUT2D eigenvalue weighted by atomic mass is 35.5. The fourth-order valence-electron chi connectivity index (χ4n) is 5.68. The van der Waals surface area contributed by atoms with Gasteiger partial charge in [-0.15, -0.1) is 0 Å². The monoisotopic (exact) mass is 579 g/mol. The van der Waals surface area contributed by atoms with Gasteiger partial charge in [0.1, 0.15) is 0 Å². The molecule has 2 aliphatic heterocycles. The molecule has 9 heteroatoms. The van der Waals surface area contributed by atoms with E-state index in [9.17, 15) is 18.0 Å². The molecule has 0 spiro atoms. The quantitative estimate of drug-likeness (QED) is 0.345. The lowest BCUT2D eigenvalue weighted by Crippen LogP contribution is -2.40. The minimum absolute atomic E-state index is 0.00739. The summed E-state index contributed by atoms with van der Waals surface area (Å²) in [5, 5.41) is 3.54. The molecule has 0 bridgehead atoms. The summed E-state index contributed by atoms with van der Waals surface area (Å²) in [4.78, 5) is 30.8. The third-order valence-electron chi connectivity index (χ3n) is 7.84. The zero-order valence-corrected chi connectivity index (χ0v) is 24.2. The van der Waals surface area contributed by atoms with Crippen molar-refractivity contribution in [2.75, 3.05) is 24.5 Å². The van der Waals surface area contributed by atoms with Gasteiger partial charge in [-0.3, -0.25) is 9.59 Å². The molecule has 1 N–H and O–H groups in total. The molecule has 2 aliphatic rings. The van der Waals surface area contributed by atoms with Crippen molar-refractivity contribution in [2.24, 2.45) is 0 Å². The van der Waals surface area contributed by atoms with Gasteiger partial charge in [0.25, 0.3) is 11.8 Å². The summed E-state index contributed by atoms with van der Waals surface area (Å²) < 4.78 is 27.4. The van der Waals surface area contributed by atoms with Gasteiger partial charge in [-0.05, 0) is 80.3 Å². The number of hydrogen-bond donors (Lipinski definition) is 1. The number of carbonyl (C=O) groups excluding carboxylic acids is 2. The molecule has 3 aromatic rings. The number of sulfone groups is 1. The Balaban J connectivity index is 1.41. The average Bonchev–Trinajstić information content (AvgIpc) is 3.04. The van der Waals surface area contributed by atoms with Crippen molar-refractivity contribution in [1.29, 1.82) is 0 Å². The molecule has 3 aromatic carbocycles. The van der Waals surface area contributed by atoms with Crippen LogP contribution in [-0.4, -0.2) is 50.8 Å². The van der Waals surface area contributed by atoms with E-state index >= 15 is 0 Å². The van der Waals surface area contributed by atoms with E-state index in [1.807, 2.05) is 0 Å². The predicted octanol–water partition coefficient (Wildman–Crippen LogP) is 5.72. The molecule has 2 amide bonds. The van der Waals surface area contributed by atoms with Crippen LogP contribution in [0.25, 0.3) is 0 Å². The van der Waals surface area contributed by atoms with Crippen molar-refractivity contribution in [3.8, 4) is 0 Å². The van der Waals surface area contributed by atoms with E-state index in [2.05, 4.69) is 17.1 Å². The number of amides is 2. The van der Waals surface area contributed by atoms with Crippen LogP contribution in [-0.2, 0) is 16.4 Å². The molecule has 0 saturated carbocycles. The Morgan fingerprint density at radius 1 is 1.02 bits per heavy atom. The Bertz CT molecular complexity index is 1510. The van der Waals surface area contributed by atoms with Crippen molar-refractivity contribution in [3.05, 3.63) is 88.4 Å². The fourth-order valence-corrected chi connectivity index (χ4v) is 7.44. The predicted molar refractivity (Wildman–Crippen MR) is 157 cm³/mol. The topological polar surface area (TPSA) is 86.8 Å². The summed E-state index contributed by atoms with van der Waals surface area (Å²) in [5.74, 6) is -0.746. The fraction of sp³-hybridized carbons (Fsp3) is 0.355. The zero-order chi connectivity index (χ0) is 28.3. The molecule has 1 saturated heterocycles. The Hall–Kier alpha value is -3.20. The number of likely N-dealkylation sites (tertiary alicyclic amines) is 1. The van der Waals surface area contributed by atoms with E-state index in [1.165, 1.54) is 54.5 Å². The van der Waals surface area contributed by atoms with Crippen LogP contribution in [0.4, 0.5) is 5.69 Å². The Kier molecular flexibility index (Phi) is 8.59. The molecule has 2 heterocycles. The van der Waals surface area contributed by atoms with Crippen LogP contribution >= 0.6 is 11.6 Å². The number of nitrogens with zero attached hydrogens (tertiary/aromatic N) is 2. The second-order valence-electron chi connectivity index (χ2n) is 10.4. The van der Waals surface area contributed by atoms with E-state index in [0.717, 1.165) is 31.5 Å². The van der Waals surface area contributed by atoms with E-state index in [-0.39, 0.29) is 33.5 Å². The number of benzene rings is 3. The summed E-state index contributed by atoms with van der Waals surface area (Å²) >= 11 is 6.05. The smallest absolute Gasteiger partial charge is 0.259 e. The summed E-state index contributed by atoms with van der Waals surface area (Å²) in [5.41, 5.74) is 1.36. The third-order valence-corrected chi connectivity index (χ3v) is 9.95. The van der Waals surface area contributed by atoms with Crippen LogP contribution in [0.15, 0.2) is 76.5 Å². The van der Waals surface area contributed by atoms with Gasteiger partial charge >= 0.3 is 0 Å². The van der Waals surface area contributed by atoms with Gasteiger partial charge in [0.05, 0.1) is 27.6 Å². The molecule has 7 nitrogen and oxygen atoms in total. The van der Waals surface area contributed by atoms with Crippen molar-refractivity contribution in [3.63, 3.8) is 0 Å². The van der Waals surface area contributed by atoms with Gasteiger partial charge in [-0.2, -0.15) is 0 Å². The van der Waals surface area contributed by atoms with Crippen molar-refractivity contribution in [1.82, 2.24) is 10.2 Å². The number of nitrogens with one attached hydrogen (secondary N) is 1. The highest BCUT2D eigenvalue weighted by molar-refractivity contribution is 7.91. The van der Waals surface area contributed by atoms with E-state index in [4.69, 9.17) is 11.6 Å². The molecule has 1 atom stereocenters. The van der Waals surface area contributed by atoms with E-state index < -0.39 is 15.7 Å². The number of carbonyl (C=O) groups is 2. The van der Waals surface area contributed by atoms with Gasteiger partial charge in [0, 0.05) is 29.7 Å². The van der Waals surface area contributed by atoms with Crippen LogP contribution in [0.3, 0.4) is 0 Å². The van der Waals surface area contributed by atoms with Gasteiger partial charge in [0.15, 0.2) is 0 Å². The summed E-state index contributed by atoms with van der Waals surface area (Å²) in [7, 11) is -4.01. The standard InChI is InChI=1S/C31H34ClN3O4S/c1-2-25-8-5-6-18-34(25)19-7-17-33-30(36)23-13-16-29-27(20-23)35(21-22-11-14-24(32)15-12-22)31(37)26-9-3-4-10-28(26)40(29,38)39/h3-4,9-16,20,25H,2,5-8,17-19,21H2,1H3,(H,33,36). The maximum atomic E-state index is 13.8. The average molecular weight is 580 g/mol. The van der Waals surface area contributed by atoms with Crippen LogP contribution in [0.5, 0.6) is 0 Å². The maximum Gasteiger partial charge on any atom is 0.259 e. The lowest BCUT2D eigenvalue weighted by atomic mass is 10.00. The summed E-state index contributed by atoms with van der Waals surface area (Å²) in [6.07, 6.45) is 5.70. The van der Waals surface area contributed by atoms with E-state index in [0.29, 0.717) is 23.2 Å². The number of hydrogen-bond acceptors (Lipinski definition) is 5. The molecular weight excluding hydrogens is 546 g/mol. The number of piperidine rings is 1. The summed E-state index contributed by atoms with van der Waals surface area (Å²) in [6, 6.07) is 18.3. The van der Waals surface area contributed by atoms with Gasteiger partial charge in [-0.1, -0.05) is 49.2 Å². The van der Waals surface area contributed by atoms with Crippen LogP contribution in [0, 0.1) is 0 Å². The first-order valence-electron chi connectivity index (χ1n) is 13.9. The largest absolute Gasteiger partial charge is 0.352 e. The van der Waals surface area contributed by atoms with Gasteiger partial charge in [-0.25, -0.2) is 8.42 Å². The number of rotatable bonds is 8. The SMILES string of the molecule is CCC1CCCCN1CCCNC(=O)c1ccc2c(c1)N(Cc1ccc(Cl)cc1)C(=O)c1ccccc1S2(=O)=O. The van der Waals surface area contributed by atoms with E-state index in [1.54, 1.807) is 36.4 Å². The van der Waals surface area contributed by atoms with Crippen LogP contribution in [0.1, 0.15) is 65.3 Å². The van der Waals surface area contributed by atoms with Gasteiger partial charge < -0.3 is 15.1 Å². The molecule has 40 heavy (non-hydrogen) atoms. The van der Waals surface area contributed by atoms with Crippen LogP contribution in [0.2, 0.25) is 5.02 Å². The first-order valence-corrected chi connectivity index (χ1v) is 15.7. The molecule has 0 radical (unpaired) electrons. The lowest BCUT2D eigenvalue weighted by molar-refractivity contribution is 0.0944. The normalized spacial score (nSPS) is 18.5. The highest BCUT2D eigenvalue weighted by Crippen LogP contribution is 2.38. The first kappa shape index (κ1) is 28.3.